The Hall–Kier alpha value is -3.60. The van der Waals surface area contributed by atoms with E-state index >= 15 is 0 Å². The van der Waals surface area contributed by atoms with E-state index in [0.717, 1.165) is 6.07 Å². The first-order chi connectivity index (χ1) is 14.6. The maximum Gasteiger partial charge on any atom is 0.265 e. The summed E-state index contributed by atoms with van der Waals surface area (Å²) in [6.07, 6.45) is 2.95. The summed E-state index contributed by atoms with van der Waals surface area (Å²) < 4.78 is 56.4. The number of amides is 1. The van der Waals surface area contributed by atoms with Gasteiger partial charge in [-0.1, -0.05) is 0 Å². The molecular weight excluding hydrogens is 428 g/mol. The highest BCUT2D eigenvalue weighted by molar-refractivity contribution is 7.92. The third-order valence-electron chi connectivity index (χ3n) is 4.66. The molecule has 2 aromatic heterocycles. The summed E-state index contributed by atoms with van der Waals surface area (Å²) >= 11 is 0. The second-order valence-electron chi connectivity index (χ2n) is 7.04. The number of benzene rings is 1. The highest BCUT2D eigenvalue weighted by atomic mass is 32.2. The van der Waals surface area contributed by atoms with Crippen molar-refractivity contribution < 1.29 is 22.0 Å². The van der Waals surface area contributed by atoms with Gasteiger partial charge in [0, 0.05) is 50.1 Å². The lowest BCUT2D eigenvalue weighted by molar-refractivity contribution is -0.114. The molecule has 0 unspecified atom stereocenters. The van der Waals surface area contributed by atoms with E-state index in [9.17, 15) is 22.0 Å². The number of sulfonamides is 1. The average Bonchev–Trinajstić information content (AvgIpc) is 2.69. The van der Waals surface area contributed by atoms with Crippen molar-refractivity contribution in [3.8, 4) is 11.1 Å². The van der Waals surface area contributed by atoms with Crippen molar-refractivity contribution in [2.45, 2.75) is 18.4 Å². The highest BCUT2D eigenvalue weighted by Crippen LogP contribution is 2.35. The molecule has 1 aliphatic rings. The normalized spacial score (nSPS) is 14.5. The maximum atomic E-state index is 14.3. The number of pyridine rings is 2. The molecule has 11 heteroatoms. The molecule has 0 atom stereocenters. The molecule has 0 bridgehead atoms. The van der Waals surface area contributed by atoms with E-state index in [4.69, 9.17) is 0 Å². The number of nitrogens with one attached hydrogen (secondary N) is 2. The van der Waals surface area contributed by atoms with Crippen LogP contribution < -0.4 is 14.9 Å². The van der Waals surface area contributed by atoms with Crippen LogP contribution in [0.15, 0.2) is 47.6 Å². The highest BCUT2D eigenvalue weighted by Gasteiger charge is 2.29. The van der Waals surface area contributed by atoms with Crippen LogP contribution in [0, 0.1) is 11.6 Å². The second-order valence-corrected chi connectivity index (χ2v) is 8.69. The lowest BCUT2D eigenvalue weighted by Crippen LogP contribution is -2.27. The van der Waals surface area contributed by atoms with Gasteiger partial charge in [0.05, 0.1) is 5.69 Å². The molecular formula is C20H17F2N5O3S. The first kappa shape index (κ1) is 20.7. The SMILES string of the molecule is CC(=O)Nc1cc(-c2cnc3c(c2)S(=O)(=O)Nc2c(F)cc(F)cc2CN3C)ccn1. The second kappa shape index (κ2) is 7.58. The molecule has 0 aliphatic carbocycles. The molecule has 8 nitrogen and oxygen atoms in total. The molecule has 1 aliphatic heterocycles. The van der Waals surface area contributed by atoms with Gasteiger partial charge in [-0.2, -0.15) is 0 Å². The van der Waals surface area contributed by atoms with E-state index in [1.807, 2.05) is 0 Å². The number of rotatable bonds is 2. The van der Waals surface area contributed by atoms with Gasteiger partial charge in [0.2, 0.25) is 5.91 Å². The molecule has 0 radical (unpaired) electrons. The molecule has 0 fully saturated rings. The Bertz CT molecular complexity index is 1310. The van der Waals surface area contributed by atoms with E-state index in [2.05, 4.69) is 20.0 Å². The van der Waals surface area contributed by atoms with Crippen LogP contribution >= 0.6 is 0 Å². The van der Waals surface area contributed by atoms with Gasteiger partial charge in [0.25, 0.3) is 10.0 Å². The van der Waals surface area contributed by atoms with Crippen molar-refractivity contribution in [2.24, 2.45) is 0 Å². The van der Waals surface area contributed by atoms with Crippen LogP contribution in [0.1, 0.15) is 12.5 Å². The molecule has 4 rings (SSSR count). The van der Waals surface area contributed by atoms with Crippen LogP contribution in [0.3, 0.4) is 0 Å². The van der Waals surface area contributed by atoms with E-state index in [0.29, 0.717) is 23.0 Å². The van der Waals surface area contributed by atoms with E-state index < -0.39 is 21.7 Å². The van der Waals surface area contributed by atoms with Crippen LogP contribution in [0.25, 0.3) is 11.1 Å². The molecule has 31 heavy (non-hydrogen) atoms. The minimum Gasteiger partial charge on any atom is -0.354 e. The molecule has 2 N–H and O–H groups in total. The molecule has 3 heterocycles. The van der Waals surface area contributed by atoms with Crippen molar-refractivity contribution in [3.05, 3.63) is 59.9 Å². The number of nitrogens with zero attached hydrogens (tertiary/aromatic N) is 3. The summed E-state index contributed by atoms with van der Waals surface area (Å²) in [5, 5.41) is 2.56. The first-order valence-electron chi connectivity index (χ1n) is 9.10. The Morgan fingerprint density at radius 2 is 1.94 bits per heavy atom. The number of fused-ring (bicyclic) bond motifs is 2. The van der Waals surface area contributed by atoms with Crippen LogP contribution in [0.2, 0.25) is 0 Å². The summed E-state index contributed by atoms with van der Waals surface area (Å²) in [6, 6.07) is 6.32. The molecule has 160 valence electrons. The summed E-state index contributed by atoms with van der Waals surface area (Å²) in [4.78, 5) is 21.0. The maximum absolute atomic E-state index is 14.3. The quantitative estimate of drug-likeness (QED) is 0.628. The van der Waals surface area contributed by atoms with Gasteiger partial charge in [-0.15, -0.1) is 0 Å². The zero-order chi connectivity index (χ0) is 22.3. The van der Waals surface area contributed by atoms with Gasteiger partial charge >= 0.3 is 0 Å². The number of carbonyl (C=O) groups is 1. The zero-order valence-corrected chi connectivity index (χ0v) is 17.3. The minimum atomic E-state index is -4.25. The van der Waals surface area contributed by atoms with Crippen LogP contribution in [0.5, 0.6) is 0 Å². The van der Waals surface area contributed by atoms with E-state index in [1.165, 1.54) is 30.3 Å². The Morgan fingerprint density at radius 3 is 2.68 bits per heavy atom. The van der Waals surface area contributed by atoms with Gasteiger partial charge in [0.1, 0.15) is 22.3 Å². The topological polar surface area (TPSA) is 104 Å². The van der Waals surface area contributed by atoms with Gasteiger partial charge < -0.3 is 10.2 Å². The van der Waals surface area contributed by atoms with Crippen LogP contribution in [0.4, 0.5) is 26.1 Å². The Balaban J connectivity index is 1.83. The molecule has 1 amide bonds. The Morgan fingerprint density at radius 1 is 1.16 bits per heavy atom. The van der Waals surface area contributed by atoms with Crippen LogP contribution in [-0.4, -0.2) is 31.3 Å². The molecule has 0 spiro atoms. The fourth-order valence-electron chi connectivity index (χ4n) is 3.32. The summed E-state index contributed by atoms with van der Waals surface area (Å²) in [6.45, 7) is 1.38. The largest absolute Gasteiger partial charge is 0.354 e. The van der Waals surface area contributed by atoms with Crippen LogP contribution in [-0.2, 0) is 21.4 Å². The summed E-state index contributed by atoms with van der Waals surface area (Å²) in [7, 11) is -2.66. The zero-order valence-electron chi connectivity index (χ0n) is 16.5. The summed E-state index contributed by atoms with van der Waals surface area (Å²) in [5.41, 5.74) is 0.866. The monoisotopic (exact) mass is 445 g/mol. The first-order valence-corrected chi connectivity index (χ1v) is 10.6. The smallest absolute Gasteiger partial charge is 0.265 e. The molecule has 1 aromatic carbocycles. The number of anilines is 3. The lowest BCUT2D eigenvalue weighted by Gasteiger charge is -2.26. The Labute approximate surface area is 177 Å². The summed E-state index contributed by atoms with van der Waals surface area (Å²) in [5.74, 6) is -1.68. The average molecular weight is 445 g/mol. The number of aromatic nitrogens is 2. The third kappa shape index (κ3) is 4.04. The van der Waals surface area contributed by atoms with Gasteiger partial charge in [0.15, 0.2) is 5.82 Å². The molecule has 0 saturated carbocycles. The third-order valence-corrected chi connectivity index (χ3v) is 6.01. The number of hydrogen-bond acceptors (Lipinski definition) is 6. The Kier molecular flexibility index (Phi) is 5.05. The number of halogens is 2. The van der Waals surface area contributed by atoms with Crippen molar-refractivity contribution >= 4 is 33.3 Å². The minimum absolute atomic E-state index is 0.0355. The van der Waals surface area contributed by atoms with Crippen molar-refractivity contribution in [3.63, 3.8) is 0 Å². The van der Waals surface area contributed by atoms with Crippen molar-refractivity contribution in [1.82, 2.24) is 9.97 Å². The van der Waals surface area contributed by atoms with Crippen molar-refractivity contribution in [1.29, 1.82) is 0 Å². The fraction of sp³-hybridized carbons (Fsp3) is 0.150. The van der Waals surface area contributed by atoms with Gasteiger partial charge in [-0.25, -0.2) is 27.2 Å². The van der Waals surface area contributed by atoms with Gasteiger partial charge in [-0.05, 0) is 29.8 Å². The van der Waals surface area contributed by atoms with Gasteiger partial charge in [-0.3, -0.25) is 9.52 Å². The van der Waals surface area contributed by atoms with E-state index in [-0.39, 0.29) is 34.4 Å². The van der Waals surface area contributed by atoms with Crippen molar-refractivity contribution in [2.75, 3.05) is 22.0 Å². The lowest BCUT2D eigenvalue weighted by atomic mass is 10.1. The fourth-order valence-corrected chi connectivity index (χ4v) is 4.66. The predicted molar refractivity (Wildman–Crippen MR) is 111 cm³/mol. The predicted octanol–water partition coefficient (Wildman–Crippen LogP) is 3.13. The molecule has 3 aromatic rings. The molecule has 0 saturated heterocycles. The number of carbonyl (C=O) groups excluding carboxylic acids is 1. The number of hydrogen-bond donors (Lipinski definition) is 2. The van der Waals surface area contributed by atoms with E-state index in [1.54, 1.807) is 19.2 Å². The standard InChI is InChI=1S/C20H17F2N5O3S/c1-11(28)25-18-7-12(3-4-23-18)13-6-17-20(24-9-13)27(2)10-14-5-15(21)8-16(22)19(14)26-31(17,29)30/h3-9,26H,10H2,1-2H3,(H,23,25,28).